The molecule has 0 spiro atoms. The van der Waals surface area contributed by atoms with Crippen LogP contribution in [0.3, 0.4) is 0 Å². The highest BCUT2D eigenvalue weighted by Crippen LogP contribution is 2.24. The first-order valence-corrected chi connectivity index (χ1v) is 3.90. The Bertz CT molecular complexity index is 111. The normalized spacial score (nSPS) is 36.2. The summed E-state index contributed by atoms with van der Waals surface area (Å²) >= 11 is 1.80. The summed E-state index contributed by atoms with van der Waals surface area (Å²) in [6.45, 7) is 2.12. The summed E-state index contributed by atoms with van der Waals surface area (Å²) in [4.78, 5) is 0. The summed E-state index contributed by atoms with van der Waals surface area (Å²) < 4.78 is 0. The fourth-order valence-electron chi connectivity index (χ4n) is 0.655. The topological polar surface area (TPSA) is 26.0 Å². The molecule has 0 aromatic carbocycles. The van der Waals surface area contributed by atoms with Crippen molar-refractivity contribution < 1.29 is 0 Å². The predicted octanol–water partition coefficient (Wildman–Crippen LogP) is 1.35. The van der Waals surface area contributed by atoms with Crippen molar-refractivity contribution in [3.63, 3.8) is 0 Å². The van der Waals surface area contributed by atoms with Crippen molar-refractivity contribution in [2.45, 2.75) is 18.9 Å². The van der Waals surface area contributed by atoms with Crippen molar-refractivity contribution in [1.29, 1.82) is 0 Å². The molecule has 46 valence electrons. The van der Waals surface area contributed by atoms with E-state index in [0.29, 0.717) is 0 Å². The van der Waals surface area contributed by atoms with E-state index < -0.39 is 0 Å². The third-order valence-electron chi connectivity index (χ3n) is 1.51. The number of hydrogen-bond acceptors (Lipinski definition) is 2. The molecule has 1 aliphatic rings. The lowest BCUT2D eigenvalue weighted by Crippen LogP contribution is -2.37. The van der Waals surface area contributed by atoms with Gasteiger partial charge in [-0.2, -0.15) is 0 Å². The van der Waals surface area contributed by atoms with Crippen LogP contribution >= 0.6 is 11.8 Å². The zero-order valence-corrected chi connectivity index (χ0v) is 5.87. The monoisotopic (exact) mass is 129 g/mol. The molecular formula is C6H11NS. The largest absolute Gasteiger partial charge is 0.321 e. The van der Waals surface area contributed by atoms with Crippen LogP contribution in [0.5, 0.6) is 0 Å². The van der Waals surface area contributed by atoms with E-state index >= 15 is 0 Å². The molecule has 0 bridgehead atoms. The number of nitrogens with two attached hydrogens (primary N) is 1. The van der Waals surface area contributed by atoms with Crippen LogP contribution in [0.2, 0.25) is 0 Å². The minimum atomic E-state index is 0.0185. The van der Waals surface area contributed by atoms with Crippen molar-refractivity contribution in [3.8, 4) is 0 Å². The molecule has 2 heteroatoms. The first kappa shape index (κ1) is 6.17. The van der Waals surface area contributed by atoms with Gasteiger partial charge in [-0.15, -0.1) is 11.8 Å². The molecule has 0 saturated carbocycles. The zero-order valence-electron chi connectivity index (χ0n) is 5.05. The maximum absolute atomic E-state index is 5.85. The van der Waals surface area contributed by atoms with E-state index in [2.05, 4.69) is 18.4 Å². The maximum atomic E-state index is 5.85. The summed E-state index contributed by atoms with van der Waals surface area (Å²) in [5.74, 6) is 1.06. The van der Waals surface area contributed by atoms with Gasteiger partial charge in [0, 0.05) is 11.3 Å². The van der Waals surface area contributed by atoms with Gasteiger partial charge in [0.2, 0.25) is 0 Å². The van der Waals surface area contributed by atoms with Gasteiger partial charge in [-0.05, 0) is 11.8 Å². The lowest BCUT2D eigenvalue weighted by molar-refractivity contribution is 0.581. The van der Waals surface area contributed by atoms with Gasteiger partial charge in [0.1, 0.15) is 0 Å². The fourth-order valence-corrected chi connectivity index (χ4v) is 1.73. The van der Waals surface area contributed by atoms with Crippen LogP contribution in [0.15, 0.2) is 11.5 Å². The Hall–Kier alpha value is 0.0500. The van der Waals surface area contributed by atoms with E-state index in [4.69, 9.17) is 5.73 Å². The van der Waals surface area contributed by atoms with Crippen LogP contribution in [-0.4, -0.2) is 11.3 Å². The number of thioether (sulfide) groups is 1. The molecule has 8 heavy (non-hydrogen) atoms. The van der Waals surface area contributed by atoms with Gasteiger partial charge in [-0.25, -0.2) is 0 Å². The van der Waals surface area contributed by atoms with E-state index in [9.17, 15) is 0 Å². The van der Waals surface area contributed by atoms with Crippen molar-refractivity contribution in [2.24, 2.45) is 5.73 Å². The molecule has 1 heterocycles. The zero-order chi connectivity index (χ0) is 6.04. The highest BCUT2D eigenvalue weighted by Gasteiger charge is 2.21. The Labute approximate surface area is 54.3 Å². The summed E-state index contributed by atoms with van der Waals surface area (Å²) in [5, 5.41) is 2.09. The van der Waals surface area contributed by atoms with Crippen molar-refractivity contribution >= 4 is 11.8 Å². The molecule has 1 rings (SSSR count). The van der Waals surface area contributed by atoms with Gasteiger partial charge in [0.15, 0.2) is 0 Å². The quantitative estimate of drug-likeness (QED) is 0.578. The van der Waals surface area contributed by atoms with E-state index in [1.165, 1.54) is 0 Å². The van der Waals surface area contributed by atoms with Crippen LogP contribution in [-0.2, 0) is 0 Å². The van der Waals surface area contributed by atoms with Crippen molar-refractivity contribution in [1.82, 2.24) is 0 Å². The Kier molecular flexibility index (Phi) is 1.63. The smallest absolute Gasteiger partial charge is 0.0439 e. The van der Waals surface area contributed by atoms with E-state index in [0.717, 1.165) is 12.2 Å². The summed E-state index contributed by atoms with van der Waals surface area (Å²) in [6, 6.07) is 0. The van der Waals surface area contributed by atoms with Crippen LogP contribution in [0.25, 0.3) is 0 Å². The summed E-state index contributed by atoms with van der Waals surface area (Å²) in [6.07, 6.45) is 3.15. The second-order valence-electron chi connectivity index (χ2n) is 2.20. The van der Waals surface area contributed by atoms with Gasteiger partial charge in [-0.3, -0.25) is 0 Å². The summed E-state index contributed by atoms with van der Waals surface area (Å²) in [5.41, 5.74) is 5.87. The molecular weight excluding hydrogens is 118 g/mol. The third kappa shape index (κ3) is 1.06. The molecule has 0 amide bonds. The minimum absolute atomic E-state index is 0.0185. The molecule has 0 fully saturated rings. The lowest BCUT2D eigenvalue weighted by atomic mass is 10.0. The average Bonchev–Trinajstić information content (AvgIpc) is 2.17. The van der Waals surface area contributed by atoms with Crippen molar-refractivity contribution in [3.05, 3.63) is 11.5 Å². The van der Waals surface area contributed by atoms with Gasteiger partial charge < -0.3 is 5.73 Å². The molecule has 0 radical (unpaired) electrons. The standard InChI is InChI=1S/C6H11NS/c1-2-6(7)3-4-8-5-6/h3-4H,2,5,7H2,1H3. The van der Waals surface area contributed by atoms with Gasteiger partial charge >= 0.3 is 0 Å². The molecule has 0 aliphatic carbocycles. The van der Waals surface area contributed by atoms with Gasteiger partial charge in [-0.1, -0.05) is 13.0 Å². The molecule has 1 atom stereocenters. The number of rotatable bonds is 1. The second kappa shape index (κ2) is 2.11. The predicted molar refractivity (Wildman–Crippen MR) is 38.8 cm³/mol. The molecule has 0 aromatic rings. The highest BCUT2D eigenvalue weighted by molar-refractivity contribution is 8.02. The molecule has 2 N–H and O–H groups in total. The van der Waals surface area contributed by atoms with E-state index in [1.54, 1.807) is 11.8 Å². The van der Waals surface area contributed by atoms with E-state index in [-0.39, 0.29) is 5.54 Å². The van der Waals surface area contributed by atoms with Crippen LogP contribution in [0.1, 0.15) is 13.3 Å². The maximum Gasteiger partial charge on any atom is 0.0439 e. The Morgan fingerprint density at radius 3 is 2.88 bits per heavy atom. The van der Waals surface area contributed by atoms with Crippen LogP contribution in [0.4, 0.5) is 0 Å². The first-order valence-electron chi connectivity index (χ1n) is 2.85. The lowest BCUT2D eigenvalue weighted by Gasteiger charge is -2.17. The molecule has 1 nitrogen and oxygen atoms in total. The Morgan fingerprint density at radius 2 is 2.62 bits per heavy atom. The second-order valence-corrected chi connectivity index (χ2v) is 3.09. The summed E-state index contributed by atoms with van der Waals surface area (Å²) in [7, 11) is 0. The molecule has 0 saturated heterocycles. The van der Waals surface area contributed by atoms with Crippen LogP contribution in [0, 0.1) is 0 Å². The first-order chi connectivity index (χ1) is 3.77. The average molecular weight is 129 g/mol. The van der Waals surface area contributed by atoms with Crippen LogP contribution < -0.4 is 5.73 Å². The van der Waals surface area contributed by atoms with Crippen molar-refractivity contribution in [2.75, 3.05) is 5.75 Å². The molecule has 1 unspecified atom stereocenters. The Morgan fingerprint density at radius 1 is 1.88 bits per heavy atom. The highest BCUT2D eigenvalue weighted by atomic mass is 32.2. The van der Waals surface area contributed by atoms with Gasteiger partial charge in [0.05, 0.1) is 0 Å². The fraction of sp³-hybridized carbons (Fsp3) is 0.667. The SMILES string of the molecule is CCC1(N)C=CSC1. The Balaban J connectivity index is 2.54. The molecule has 0 aromatic heterocycles. The van der Waals surface area contributed by atoms with Gasteiger partial charge in [0.25, 0.3) is 0 Å². The third-order valence-corrected chi connectivity index (χ3v) is 2.54. The minimum Gasteiger partial charge on any atom is -0.321 e. The van der Waals surface area contributed by atoms with E-state index in [1.807, 2.05) is 0 Å². The number of hydrogen-bond donors (Lipinski definition) is 1. The molecule has 1 aliphatic heterocycles.